The van der Waals surface area contributed by atoms with Gasteiger partial charge in [-0.2, -0.15) is 4.99 Å². The van der Waals surface area contributed by atoms with Crippen LogP contribution in [0.1, 0.15) is 13.8 Å². The van der Waals surface area contributed by atoms with E-state index in [2.05, 4.69) is 10.3 Å². The van der Waals surface area contributed by atoms with Crippen molar-refractivity contribution in [3.8, 4) is 0 Å². The molecule has 2 rings (SSSR count). The number of amidine groups is 1. The minimum Gasteiger partial charge on any atom is -0.334 e. The van der Waals surface area contributed by atoms with Gasteiger partial charge < -0.3 is 10.2 Å². The van der Waals surface area contributed by atoms with Crippen molar-refractivity contribution in [1.82, 2.24) is 5.32 Å². The lowest BCUT2D eigenvalue weighted by molar-refractivity contribution is -0.384. The standard InChI is InChI=1S/C13H15ClN4O3S/c1-8(2)15-12(19)16-13-17(5-6-22-13)11-7-9(14)3-4-10(11)18(20)21/h3-4,7-8H,5-6H2,1-2H3,(H,15,19). The highest BCUT2D eigenvalue weighted by atomic mass is 35.5. The van der Waals surface area contributed by atoms with Crippen molar-refractivity contribution in [3.63, 3.8) is 0 Å². The Balaban J connectivity index is 2.35. The fourth-order valence-corrected chi connectivity index (χ4v) is 3.07. The van der Waals surface area contributed by atoms with Crippen LogP contribution in [0.25, 0.3) is 0 Å². The predicted octanol–water partition coefficient (Wildman–Crippen LogP) is 3.28. The molecule has 0 aliphatic carbocycles. The minimum absolute atomic E-state index is 0.0304. The molecule has 1 aliphatic rings. The van der Waals surface area contributed by atoms with E-state index in [9.17, 15) is 14.9 Å². The van der Waals surface area contributed by atoms with Crippen molar-refractivity contribution < 1.29 is 9.72 Å². The van der Waals surface area contributed by atoms with Crippen LogP contribution in [0.4, 0.5) is 16.2 Å². The van der Waals surface area contributed by atoms with E-state index in [-0.39, 0.29) is 11.7 Å². The molecule has 1 aliphatic heterocycles. The summed E-state index contributed by atoms with van der Waals surface area (Å²) in [5.74, 6) is 0.692. The molecule has 0 radical (unpaired) electrons. The number of benzene rings is 1. The second-order valence-corrected chi connectivity index (χ2v) is 6.39. The van der Waals surface area contributed by atoms with Gasteiger partial charge in [0.2, 0.25) is 0 Å². The number of carbonyl (C=O) groups excluding carboxylic acids is 1. The molecule has 1 N–H and O–H groups in total. The van der Waals surface area contributed by atoms with Crippen LogP contribution in [0.15, 0.2) is 23.2 Å². The average Bonchev–Trinajstić information content (AvgIpc) is 2.84. The molecule has 118 valence electrons. The van der Waals surface area contributed by atoms with E-state index in [1.807, 2.05) is 13.8 Å². The van der Waals surface area contributed by atoms with E-state index in [4.69, 9.17) is 11.6 Å². The number of thioether (sulfide) groups is 1. The van der Waals surface area contributed by atoms with Gasteiger partial charge in [-0.25, -0.2) is 4.79 Å². The molecule has 0 atom stereocenters. The Hall–Kier alpha value is -1.80. The van der Waals surface area contributed by atoms with Crippen LogP contribution in [-0.2, 0) is 0 Å². The van der Waals surface area contributed by atoms with Crippen LogP contribution in [0, 0.1) is 10.1 Å². The molecule has 1 aromatic carbocycles. The highest BCUT2D eigenvalue weighted by Gasteiger charge is 2.28. The maximum Gasteiger partial charge on any atom is 0.343 e. The highest BCUT2D eigenvalue weighted by Crippen LogP contribution is 2.35. The van der Waals surface area contributed by atoms with Gasteiger partial charge >= 0.3 is 6.03 Å². The first-order chi connectivity index (χ1) is 10.4. The van der Waals surface area contributed by atoms with Gasteiger partial charge in [-0.3, -0.25) is 10.1 Å². The van der Waals surface area contributed by atoms with Crippen molar-refractivity contribution in [1.29, 1.82) is 0 Å². The lowest BCUT2D eigenvalue weighted by atomic mass is 10.2. The lowest BCUT2D eigenvalue weighted by Crippen LogP contribution is -2.31. The third-order valence-corrected chi connectivity index (χ3v) is 4.00. The molecule has 2 amide bonds. The Labute approximate surface area is 136 Å². The SMILES string of the molecule is CC(C)NC(=O)N=C1SCCN1c1cc(Cl)ccc1[N+](=O)[O-]. The molecule has 0 aromatic heterocycles. The van der Waals surface area contributed by atoms with E-state index in [0.717, 1.165) is 0 Å². The summed E-state index contributed by atoms with van der Waals surface area (Å²) in [6.07, 6.45) is 0. The molecule has 1 heterocycles. The Kier molecular flexibility index (Phi) is 5.25. The van der Waals surface area contributed by atoms with Crippen LogP contribution in [0.2, 0.25) is 5.02 Å². The molecule has 1 aromatic rings. The summed E-state index contributed by atoms with van der Waals surface area (Å²) in [7, 11) is 0. The summed E-state index contributed by atoms with van der Waals surface area (Å²) in [6.45, 7) is 4.19. The number of nitro benzene ring substituents is 1. The first-order valence-corrected chi connectivity index (χ1v) is 7.98. The molecule has 7 nitrogen and oxygen atoms in total. The van der Waals surface area contributed by atoms with Gasteiger partial charge in [0.05, 0.1) is 4.92 Å². The van der Waals surface area contributed by atoms with Gasteiger partial charge in [0.25, 0.3) is 5.69 Å². The van der Waals surface area contributed by atoms with Crippen LogP contribution < -0.4 is 10.2 Å². The largest absolute Gasteiger partial charge is 0.343 e. The number of anilines is 1. The third-order valence-electron chi connectivity index (χ3n) is 2.81. The normalized spacial score (nSPS) is 16.4. The fourth-order valence-electron chi connectivity index (χ4n) is 1.95. The van der Waals surface area contributed by atoms with Crippen LogP contribution >= 0.6 is 23.4 Å². The van der Waals surface area contributed by atoms with Crippen molar-refractivity contribution in [2.75, 3.05) is 17.2 Å². The number of hydrogen-bond donors (Lipinski definition) is 1. The zero-order chi connectivity index (χ0) is 16.3. The third kappa shape index (κ3) is 3.89. The number of amides is 2. The van der Waals surface area contributed by atoms with Gasteiger partial charge in [-0.1, -0.05) is 23.4 Å². The maximum atomic E-state index is 11.8. The number of hydrogen-bond acceptors (Lipinski definition) is 4. The van der Waals surface area contributed by atoms with Gasteiger partial charge in [0, 0.05) is 29.4 Å². The van der Waals surface area contributed by atoms with Crippen LogP contribution in [0.5, 0.6) is 0 Å². The Morgan fingerprint density at radius 3 is 2.91 bits per heavy atom. The van der Waals surface area contributed by atoms with E-state index in [1.165, 1.54) is 30.0 Å². The molecule has 1 fully saturated rings. The fraction of sp³-hybridized carbons (Fsp3) is 0.385. The zero-order valence-electron chi connectivity index (χ0n) is 12.1. The van der Waals surface area contributed by atoms with Gasteiger partial charge in [-0.15, -0.1) is 0 Å². The summed E-state index contributed by atoms with van der Waals surface area (Å²) >= 11 is 7.32. The molecule has 0 saturated carbocycles. The molecule has 22 heavy (non-hydrogen) atoms. The Morgan fingerprint density at radius 1 is 1.55 bits per heavy atom. The van der Waals surface area contributed by atoms with E-state index < -0.39 is 11.0 Å². The van der Waals surface area contributed by atoms with E-state index >= 15 is 0 Å². The first kappa shape index (κ1) is 16.6. The smallest absolute Gasteiger partial charge is 0.334 e. The topological polar surface area (TPSA) is 87.8 Å². The number of urea groups is 1. The quantitative estimate of drug-likeness (QED) is 0.672. The maximum absolute atomic E-state index is 11.8. The van der Waals surface area contributed by atoms with E-state index in [1.54, 1.807) is 4.90 Å². The average molecular weight is 343 g/mol. The van der Waals surface area contributed by atoms with Gasteiger partial charge in [-0.05, 0) is 26.0 Å². The second-order valence-electron chi connectivity index (χ2n) is 4.89. The summed E-state index contributed by atoms with van der Waals surface area (Å²) < 4.78 is 0. The van der Waals surface area contributed by atoms with Crippen molar-refractivity contribution >= 4 is 45.9 Å². The van der Waals surface area contributed by atoms with Crippen molar-refractivity contribution in [2.24, 2.45) is 4.99 Å². The Bertz CT molecular complexity index is 636. The molecule has 0 spiro atoms. The van der Waals surface area contributed by atoms with Crippen molar-refractivity contribution in [3.05, 3.63) is 33.3 Å². The number of aliphatic imine (C=N–C) groups is 1. The number of halogens is 1. The van der Waals surface area contributed by atoms with Crippen molar-refractivity contribution in [2.45, 2.75) is 19.9 Å². The molecule has 1 saturated heterocycles. The number of nitrogens with zero attached hydrogens (tertiary/aromatic N) is 3. The van der Waals surface area contributed by atoms with Crippen LogP contribution in [-0.4, -0.2) is 34.5 Å². The summed E-state index contributed by atoms with van der Waals surface area (Å²) in [6, 6.07) is 3.84. The second kappa shape index (κ2) is 6.97. The summed E-state index contributed by atoms with van der Waals surface area (Å²) in [5.41, 5.74) is 0.280. The minimum atomic E-state index is -0.472. The lowest BCUT2D eigenvalue weighted by Gasteiger charge is -2.18. The van der Waals surface area contributed by atoms with E-state index in [0.29, 0.717) is 28.2 Å². The van der Waals surface area contributed by atoms with Crippen LogP contribution in [0.3, 0.4) is 0 Å². The molecular weight excluding hydrogens is 328 g/mol. The first-order valence-electron chi connectivity index (χ1n) is 6.62. The number of nitrogens with one attached hydrogen (secondary N) is 1. The number of rotatable bonds is 3. The zero-order valence-corrected chi connectivity index (χ0v) is 13.6. The number of carbonyl (C=O) groups is 1. The summed E-state index contributed by atoms with van der Waals surface area (Å²) in [4.78, 5) is 28.1. The highest BCUT2D eigenvalue weighted by molar-refractivity contribution is 8.14. The van der Waals surface area contributed by atoms with Gasteiger partial charge in [0.15, 0.2) is 5.17 Å². The molecule has 9 heteroatoms. The number of nitro groups is 1. The van der Waals surface area contributed by atoms with Gasteiger partial charge in [0.1, 0.15) is 5.69 Å². The molecule has 0 bridgehead atoms. The molecular formula is C13H15ClN4O3S. The predicted molar refractivity (Wildman–Crippen MR) is 89.0 cm³/mol. The Morgan fingerprint density at radius 2 is 2.27 bits per heavy atom. The summed E-state index contributed by atoms with van der Waals surface area (Å²) in [5, 5.41) is 14.7. The monoisotopic (exact) mass is 342 g/mol. The molecule has 0 unspecified atom stereocenters.